The highest BCUT2D eigenvalue weighted by Crippen LogP contribution is 2.42. The maximum atomic E-state index is 10.9. The number of nitrogen functional groups attached to an aromatic ring is 1. The van der Waals surface area contributed by atoms with Gasteiger partial charge >= 0.3 is 5.97 Å². The normalized spacial score (nSPS) is 16.9. The molecule has 0 spiro atoms. The first-order chi connectivity index (χ1) is 8.56. The van der Waals surface area contributed by atoms with Crippen molar-refractivity contribution in [3.8, 4) is 0 Å². The van der Waals surface area contributed by atoms with Gasteiger partial charge in [-0.05, 0) is 31.2 Å². The van der Waals surface area contributed by atoms with Gasteiger partial charge in [-0.25, -0.2) is 9.78 Å². The topological polar surface area (TPSA) is 88.2 Å². The summed E-state index contributed by atoms with van der Waals surface area (Å²) in [6.45, 7) is 0.772. The third kappa shape index (κ3) is 2.53. The van der Waals surface area contributed by atoms with E-state index >= 15 is 0 Å². The molecule has 0 atom stereocenters. The van der Waals surface area contributed by atoms with Crippen LogP contribution in [0.25, 0.3) is 0 Å². The van der Waals surface area contributed by atoms with Gasteiger partial charge in [-0.2, -0.15) is 11.8 Å². The Balaban J connectivity index is 2.08. The van der Waals surface area contributed by atoms with Crippen molar-refractivity contribution >= 4 is 29.2 Å². The molecule has 1 aliphatic rings. The predicted molar refractivity (Wildman–Crippen MR) is 74.2 cm³/mol. The molecule has 2 rings (SSSR count). The maximum absolute atomic E-state index is 10.9. The summed E-state index contributed by atoms with van der Waals surface area (Å²) in [5.41, 5.74) is 6.29. The highest BCUT2D eigenvalue weighted by atomic mass is 32.2. The molecular weight excluding hydrogens is 250 g/mol. The Bertz CT molecular complexity index is 455. The van der Waals surface area contributed by atoms with Crippen molar-refractivity contribution in [2.75, 3.05) is 23.9 Å². The van der Waals surface area contributed by atoms with Crippen molar-refractivity contribution in [1.82, 2.24) is 4.98 Å². The molecule has 1 heterocycles. The van der Waals surface area contributed by atoms with Crippen molar-refractivity contribution < 1.29 is 9.90 Å². The molecule has 0 amide bonds. The van der Waals surface area contributed by atoms with Gasteiger partial charge in [-0.1, -0.05) is 6.42 Å². The molecule has 0 bridgehead atoms. The molecule has 1 aliphatic carbocycles. The Morgan fingerprint density at radius 1 is 1.61 bits per heavy atom. The summed E-state index contributed by atoms with van der Waals surface area (Å²) in [4.78, 5) is 14.9. The van der Waals surface area contributed by atoms with Crippen LogP contribution in [0.2, 0.25) is 0 Å². The number of aromatic carboxylic acids is 1. The zero-order valence-corrected chi connectivity index (χ0v) is 11.1. The first-order valence-corrected chi connectivity index (χ1v) is 7.08. The van der Waals surface area contributed by atoms with Gasteiger partial charge in [0, 0.05) is 11.3 Å². The summed E-state index contributed by atoms with van der Waals surface area (Å²) in [6.07, 6.45) is 5.71. The Kier molecular flexibility index (Phi) is 3.65. The number of carboxylic acid groups (broad SMARTS) is 1. The van der Waals surface area contributed by atoms with Crippen LogP contribution in [0, 0.1) is 0 Å². The zero-order valence-electron chi connectivity index (χ0n) is 10.3. The molecule has 18 heavy (non-hydrogen) atoms. The third-order valence-electron chi connectivity index (χ3n) is 3.42. The molecular formula is C12H17N3O2S. The van der Waals surface area contributed by atoms with E-state index < -0.39 is 5.97 Å². The lowest BCUT2D eigenvalue weighted by molar-refractivity contribution is 0.0690. The number of hydrogen-bond donors (Lipinski definition) is 3. The molecule has 0 radical (unpaired) electrons. The highest BCUT2D eigenvalue weighted by molar-refractivity contribution is 8.00. The van der Waals surface area contributed by atoms with E-state index in [2.05, 4.69) is 16.6 Å². The fourth-order valence-corrected chi connectivity index (χ4v) is 2.91. The second-order valence-corrected chi connectivity index (χ2v) is 5.81. The molecule has 5 nitrogen and oxygen atoms in total. The van der Waals surface area contributed by atoms with Crippen LogP contribution in [0.3, 0.4) is 0 Å². The molecule has 0 aliphatic heterocycles. The second kappa shape index (κ2) is 5.06. The Labute approximate surface area is 110 Å². The molecule has 0 aromatic carbocycles. The van der Waals surface area contributed by atoms with Gasteiger partial charge < -0.3 is 16.2 Å². The Morgan fingerprint density at radius 2 is 2.33 bits per heavy atom. The molecule has 6 heteroatoms. The monoisotopic (exact) mass is 267 g/mol. The number of carbonyl (C=O) groups is 1. The highest BCUT2D eigenvalue weighted by Gasteiger charge is 2.36. The SMILES string of the molecule is CSC1(CNc2nc(C(=O)O)ccc2N)CCC1. The molecule has 1 fully saturated rings. The van der Waals surface area contributed by atoms with Crippen molar-refractivity contribution in [3.05, 3.63) is 17.8 Å². The minimum atomic E-state index is -1.04. The molecule has 0 unspecified atom stereocenters. The molecule has 1 saturated carbocycles. The fraction of sp³-hybridized carbons (Fsp3) is 0.500. The van der Waals surface area contributed by atoms with Crippen LogP contribution in [0.4, 0.5) is 11.5 Å². The van der Waals surface area contributed by atoms with E-state index in [0.29, 0.717) is 11.5 Å². The van der Waals surface area contributed by atoms with E-state index in [4.69, 9.17) is 10.8 Å². The van der Waals surface area contributed by atoms with E-state index in [1.165, 1.54) is 25.3 Å². The number of carboxylic acids is 1. The summed E-state index contributed by atoms with van der Waals surface area (Å²) in [5, 5.41) is 12.1. The number of pyridine rings is 1. The third-order valence-corrected chi connectivity index (χ3v) is 4.84. The summed E-state index contributed by atoms with van der Waals surface area (Å²) in [6, 6.07) is 2.99. The average molecular weight is 267 g/mol. The Hall–Kier alpha value is -1.43. The van der Waals surface area contributed by atoms with Gasteiger partial charge in [-0.15, -0.1) is 0 Å². The number of anilines is 2. The lowest BCUT2D eigenvalue weighted by Gasteiger charge is -2.40. The van der Waals surface area contributed by atoms with Gasteiger partial charge in [0.1, 0.15) is 5.82 Å². The van der Waals surface area contributed by atoms with E-state index in [1.807, 2.05) is 11.8 Å². The number of rotatable bonds is 5. The van der Waals surface area contributed by atoms with Gasteiger partial charge in [0.15, 0.2) is 5.69 Å². The number of nitrogens with two attached hydrogens (primary N) is 1. The van der Waals surface area contributed by atoms with E-state index in [0.717, 1.165) is 6.54 Å². The first kappa shape index (κ1) is 13.0. The van der Waals surface area contributed by atoms with Gasteiger partial charge in [-0.3, -0.25) is 0 Å². The van der Waals surface area contributed by atoms with Crippen LogP contribution in [-0.4, -0.2) is 33.6 Å². The molecule has 1 aromatic rings. The molecule has 4 N–H and O–H groups in total. The van der Waals surface area contributed by atoms with Crippen LogP contribution in [0.5, 0.6) is 0 Å². The number of hydrogen-bond acceptors (Lipinski definition) is 5. The number of aromatic nitrogens is 1. The van der Waals surface area contributed by atoms with Gasteiger partial charge in [0.05, 0.1) is 5.69 Å². The molecule has 98 valence electrons. The standard InChI is InChI=1S/C12H17N3O2S/c1-18-12(5-2-6-12)7-14-10-8(13)3-4-9(15-10)11(16)17/h3-4H,2,5-7,13H2,1H3,(H,14,15)(H,16,17). The van der Waals surface area contributed by atoms with Crippen molar-refractivity contribution in [2.24, 2.45) is 0 Å². The second-order valence-electron chi connectivity index (χ2n) is 4.53. The number of nitrogens with one attached hydrogen (secondary N) is 1. The predicted octanol–water partition coefficient (Wildman–Crippen LogP) is 2.06. The lowest BCUT2D eigenvalue weighted by Crippen LogP contribution is -2.40. The van der Waals surface area contributed by atoms with Crippen LogP contribution < -0.4 is 11.1 Å². The summed E-state index contributed by atoms with van der Waals surface area (Å²) in [7, 11) is 0. The van der Waals surface area contributed by atoms with Gasteiger partial charge in [0.2, 0.25) is 0 Å². The minimum absolute atomic E-state index is 0.0125. The maximum Gasteiger partial charge on any atom is 0.354 e. The Morgan fingerprint density at radius 3 is 2.83 bits per heavy atom. The van der Waals surface area contributed by atoms with E-state index in [1.54, 1.807) is 6.07 Å². The first-order valence-electron chi connectivity index (χ1n) is 5.85. The number of thioether (sulfide) groups is 1. The van der Waals surface area contributed by atoms with E-state index in [9.17, 15) is 4.79 Å². The van der Waals surface area contributed by atoms with Crippen molar-refractivity contribution in [1.29, 1.82) is 0 Å². The summed E-state index contributed by atoms with van der Waals surface area (Å²) < 4.78 is 0.257. The quantitative estimate of drug-likeness (QED) is 0.757. The van der Waals surface area contributed by atoms with Crippen LogP contribution in [0.15, 0.2) is 12.1 Å². The minimum Gasteiger partial charge on any atom is -0.477 e. The largest absolute Gasteiger partial charge is 0.477 e. The molecule has 0 saturated heterocycles. The van der Waals surface area contributed by atoms with E-state index in [-0.39, 0.29) is 10.4 Å². The zero-order chi connectivity index (χ0) is 13.2. The fourth-order valence-electron chi connectivity index (χ4n) is 2.00. The van der Waals surface area contributed by atoms with Gasteiger partial charge in [0.25, 0.3) is 0 Å². The summed E-state index contributed by atoms with van der Waals surface area (Å²) in [5.74, 6) is -0.573. The van der Waals surface area contributed by atoms with Crippen molar-refractivity contribution in [3.63, 3.8) is 0 Å². The number of nitrogens with zero attached hydrogens (tertiary/aromatic N) is 1. The van der Waals surface area contributed by atoms with Crippen LogP contribution in [0.1, 0.15) is 29.8 Å². The van der Waals surface area contributed by atoms with Crippen LogP contribution >= 0.6 is 11.8 Å². The smallest absolute Gasteiger partial charge is 0.354 e. The lowest BCUT2D eigenvalue weighted by atomic mass is 9.84. The average Bonchev–Trinajstić information content (AvgIpc) is 2.30. The summed E-state index contributed by atoms with van der Waals surface area (Å²) >= 11 is 1.85. The molecule has 1 aromatic heterocycles. The van der Waals surface area contributed by atoms with Crippen LogP contribution in [-0.2, 0) is 0 Å². The van der Waals surface area contributed by atoms with Crippen molar-refractivity contribution in [2.45, 2.75) is 24.0 Å².